The molecule has 1 aromatic heterocycles. The minimum absolute atomic E-state index is 0.117. The highest BCUT2D eigenvalue weighted by molar-refractivity contribution is 5.27. The number of aromatic nitrogens is 1. The molecule has 0 radical (unpaired) electrons. The summed E-state index contributed by atoms with van der Waals surface area (Å²) >= 11 is 0. The zero-order valence-electron chi connectivity index (χ0n) is 14.6. The van der Waals surface area contributed by atoms with E-state index < -0.39 is 0 Å². The average molecular weight is 329 g/mol. The molecule has 0 aliphatic carbocycles. The van der Waals surface area contributed by atoms with Crippen LogP contribution in [0.15, 0.2) is 28.8 Å². The third-order valence-corrected chi connectivity index (χ3v) is 4.87. The second-order valence-electron chi connectivity index (χ2n) is 6.68. The monoisotopic (exact) mass is 329 g/mol. The SMILES string of the molecule is Cc1noc(C)c1CNCc1ccccc1CN1CCC(O)CC1. The number of aliphatic hydroxyl groups is 1. The number of rotatable bonds is 6. The molecule has 3 rings (SSSR count). The Balaban J connectivity index is 1.58. The van der Waals surface area contributed by atoms with E-state index in [1.165, 1.54) is 11.1 Å². The van der Waals surface area contributed by atoms with Crippen molar-refractivity contribution in [1.29, 1.82) is 0 Å². The van der Waals surface area contributed by atoms with Crippen molar-refractivity contribution in [3.8, 4) is 0 Å². The summed E-state index contributed by atoms with van der Waals surface area (Å²) in [5.41, 5.74) is 4.80. The first-order chi connectivity index (χ1) is 11.6. The van der Waals surface area contributed by atoms with Crippen molar-refractivity contribution in [2.24, 2.45) is 0 Å². The van der Waals surface area contributed by atoms with E-state index in [0.29, 0.717) is 0 Å². The molecule has 1 aliphatic heterocycles. The fraction of sp³-hybridized carbons (Fsp3) is 0.526. The van der Waals surface area contributed by atoms with Crippen LogP contribution >= 0.6 is 0 Å². The Morgan fingerprint density at radius 3 is 2.54 bits per heavy atom. The number of nitrogens with one attached hydrogen (secondary N) is 1. The Hall–Kier alpha value is -1.69. The molecular weight excluding hydrogens is 302 g/mol. The van der Waals surface area contributed by atoms with E-state index in [-0.39, 0.29) is 6.10 Å². The Kier molecular flexibility index (Phi) is 5.66. The predicted octanol–water partition coefficient (Wildman–Crippen LogP) is 2.54. The van der Waals surface area contributed by atoms with Crippen molar-refractivity contribution >= 4 is 0 Å². The van der Waals surface area contributed by atoms with Crippen molar-refractivity contribution < 1.29 is 9.63 Å². The summed E-state index contributed by atoms with van der Waals surface area (Å²) in [6.07, 6.45) is 1.65. The standard InChI is InChI=1S/C19H27N3O2/c1-14-19(15(2)24-21-14)12-20-11-16-5-3-4-6-17(16)13-22-9-7-18(23)8-10-22/h3-6,18,20,23H,7-13H2,1-2H3. The summed E-state index contributed by atoms with van der Waals surface area (Å²) in [6.45, 7) is 8.43. The lowest BCUT2D eigenvalue weighted by Gasteiger charge is -2.30. The molecule has 0 amide bonds. The van der Waals surface area contributed by atoms with Gasteiger partial charge in [-0.1, -0.05) is 29.4 Å². The molecule has 5 nitrogen and oxygen atoms in total. The van der Waals surface area contributed by atoms with Crippen LogP contribution in [0.5, 0.6) is 0 Å². The van der Waals surface area contributed by atoms with Gasteiger partial charge in [0.1, 0.15) is 5.76 Å². The Labute approximate surface area is 143 Å². The van der Waals surface area contributed by atoms with E-state index in [1.807, 2.05) is 13.8 Å². The fourth-order valence-corrected chi connectivity index (χ4v) is 3.28. The summed E-state index contributed by atoms with van der Waals surface area (Å²) in [5, 5.41) is 17.2. The zero-order valence-corrected chi connectivity index (χ0v) is 14.6. The highest BCUT2D eigenvalue weighted by Gasteiger charge is 2.17. The number of benzene rings is 1. The smallest absolute Gasteiger partial charge is 0.138 e. The number of nitrogens with zero attached hydrogens (tertiary/aromatic N) is 2. The molecule has 130 valence electrons. The van der Waals surface area contributed by atoms with Gasteiger partial charge in [0.15, 0.2) is 0 Å². The van der Waals surface area contributed by atoms with Crippen LogP contribution in [0.4, 0.5) is 0 Å². The lowest BCUT2D eigenvalue weighted by atomic mass is 10.0. The first-order valence-corrected chi connectivity index (χ1v) is 8.73. The van der Waals surface area contributed by atoms with Crippen LogP contribution in [0, 0.1) is 13.8 Å². The lowest BCUT2D eigenvalue weighted by Crippen LogP contribution is -2.35. The van der Waals surface area contributed by atoms with Crippen molar-refractivity contribution in [1.82, 2.24) is 15.4 Å². The van der Waals surface area contributed by atoms with E-state index in [1.54, 1.807) is 0 Å². The minimum Gasteiger partial charge on any atom is -0.393 e. The number of hydrogen-bond acceptors (Lipinski definition) is 5. The van der Waals surface area contributed by atoms with Crippen molar-refractivity contribution in [3.63, 3.8) is 0 Å². The van der Waals surface area contributed by atoms with E-state index in [4.69, 9.17) is 4.52 Å². The molecule has 24 heavy (non-hydrogen) atoms. The molecule has 0 unspecified atom stereocenters. The second-order valence-corrected chi connectivity index (χ2v) is 6.68. The zero-order chi connectivity index (χ0) is 16.9. The van der Waals surface area contributed by atoms with Gasteiger partial charge in [0, 0.05) is 38.3 Å². The van der Waals surface area contributed by atoms with Gasteiger partial charge in [-0.25, -0.2) is 0 Å². The van der Waals surface area contributed by atoms with Gasteiger partial charge in [0.2, 0.25) is 0 Å². The normalized spacial score (nSPS) is 16.6. The quantitative estimate of drug-likeness (QED) is 0.853. The summed E-state index contributed by atoms with van der Waals surface area (Å²) < 4.78 is 5.21. The third-order valence-electron chi connectivity index (χ3n) is 4.87. The van der Waals surface area contributed by atoms with Crippen molar-refractivity contribution in [2.75, 3.05) is 13.1 Å². The first kappa shape index (κ1) is 17.1. The van der Waals surface area contributed by atoms with Crippen LogP contribution in [-0.2, 0) is 19.6 Å². The molecular formula is C19H27N3O2. The van der Waals surface area contributed by atoms with Crippen LogP contribution < -0.4 is 5.32 Å². The highest BCUT2D eigenvalue weighted by atomic mass is 16.5. The summed E-state index contributed by atoms with van der Waals surface area (Å²) in [7, 11) is 0. The molecule has 0 bridgehead atoms. The molecule has 0 saturated carbocycles. The summed E-state index contributed by atoms with van der Waals surface area (Å²) in [6, 6.07) is 8.59. The van der Waals surface area contributed by atoms with Crippen LogP contribution in [0.2, 0.25) is 0 Å². The van der Waals surface area contributed by atoms with Crippen LogP contribution in [-0.4, -0.2) is 34.4 Å². The maximum Gasteiger partial charge on any atom is 0.138 e. The molecule has 2 N–H and O–H groups in total. The molecule has 5 heteroatoms. The van der Waals surface area contributed by atoms with Gasteiger partial charge in [-0.2, -0.15) is 0 Å². The maximum atomic E-state index is 9.65. The largest absolute Gasteiger partial charge is 0.393 e. The molecule has 2 heterocycles. The molecule has 2 aromatic rings. The fourth-order valence-electron chi connectivity index (χ4n) is 3.28. The topological polar surface area (TPSA) is 61.5 Å². The predicted molar refractivity (Wildman–Crippen MR) is 93.5 cm³/mol. The number of aryl methyl sites for hydroxylation is 2. The Morgan fingerprint density at radius 1 is 1.17 bits per heavy atom. The van der Waals surface area contributed by atoms with Gasteiger partial charge in [-0.05, 0) is 37.8 Å². The summed E-state index contributed by atoms with van der Waals surface area (Å²) in [5.74, 6) is 0.889. The number of hydrogen-bond donors (Lipinski definition) is 2. The number of aliphatic hydroxyl groups excluding tert-OH is 1. The number of piperidine rings is 1. The van der Waals surface area contributed by atoms with Crippen LogP contribution in [0.1, 0.15) is 41.0 Å². The molecule has 1 fully saturated rings. The van der Waals surface area contributed by atoms with Crippen molar-refractivity contribution in [2.45, 2.75) is 52.4 Å². The third kappa shape index (κ3) is 4.23. The van der Waals surface area contributed by atoms with Crippen molar-refractivity contribution in [3.05, 3.63) is 52.4 Å². The summed E-state index contributed by atoms with van der Waals surface area (Å²) in [4.78, 5) is 2.43. The highest BCUT2D eigenvalue weighted by Crippen LogP contribution is 2.17. The molecule has 0 spiro atoms. The van der Waals surface area contributed by atoms with Gasteiger partial charge >= 0.3 is 0 Å². The van der Waals surface area contributed by atoms with E-state index in [0.717, 1.165) is 62.6 Å². The first-order valence-electron chi connectivity index (χ1n) is 8.73. The van der Waals surface area contributed by atoms with Gasteiger partial charge < -0.3 is 14.9 Å². The Morgan fingerprint density at radius 2 is 1.88 bits per heavy atom. The minimum atomic E-state index is -0.117. The molecule has 0 atom stereocenters. The molecule has 1 aromatic carbocycles. The molecule has 1 saturated heterocycles. The van der Waals surface area contributed by atoms with E-state index in [2.05, 4.69) is 39.6 Å². The lowest BCUT2D eigenvalue weighted by molar-refractivity contribution is 0.0791. The average Bonchev–Trinajstić information content (AvgIpc) is 2.90. The molecule has 1 aliphatic rings. The maximum absolute atomic E-state index is 9.65. The van der Waals surface area contributed by atoms with Gasteiger partial charge in [-0.3, -0.25) is 4.90 Å². The van der Waals surface area contributed by atoms with Crippen LogP contribution in [0.25, 0.3) is 0 Å². The van der Waals surface area contributed by atoms with E-state index in [9.17, 15) is 5.11 Å². The van der Waals surface area contributed by atoms with Gasteiger partial charge in [-0.15, -0.1) is 0 Å². The second kappa shape index (κ2) is 7.92. The van der Waals surface area contributed by atoms with Crippen LogP contribution in [0.3, 0.4) is 0 Å². The van der Waals surface area contributed by atoms with Gasteiger partial charge in [0.05, 0.1) is 11.8 Å². The van der Waals surface area contributed by atoms with E-state index >= 15 is 0 Å². The Bertz CT molecular complexity index is 641. The number of likely N-dealkylation sites (tertiary alicyclic amines) is 1. The van der Waals surface area contributed by atoms with Gasteiger partial charge in [0.25, 0.3) is 0 Å².